The highest BCUT2D eigenvalue weighted by Gasteiger charge is 2.16. The molecule has 5 heteroatoms. The van der Waals surface area contributed by atoms with Crippen LogP contribution in [0.4, 0.5) is 0 Å². The first kappa shape index (κ1) is 13.2. The van der Waals surface area contributed by atoms with Gasteiger partial charge in [-0.25, -0.2) is 4.98 Å². The van der Waals surface area contributed by atoms with Crippen LogP contribution in [0.1, 0.15) is 5.69 Å². The molecule has 4 nitrogen and oxygen atoms in total. The molecule has 0 unspecified atom stereocenters. The van der Waals surface area contributed by atoms with E-state index >= 15 is 0 Å². The lowest BCUT2D eigenvalue weighted by molar-refractivity contribution is 0.966. The Kier molecular flexibility index (Phi) is 3.01. The Hall–Kier alpha value is -2.53. The first-order valence-corrected chi connectivity index (χ1v) is 7.84. The van der Waals surface area contributed by atoms with Gasteiger partial charge in [0, 0.05) is 42.8 Å². The molecule has 4 aromatic heterocycles. The third kappa shape index (κ3) is 2.02. The fourth-order valence-electron chi connectivity index (χ4n) is 2.64. The van der Waals surface area contributed by atoms with E-state index in [-0.39, 0.29) is 0 Å². The summed E-state index contributed by atoms with van der Waals surface area (Å²) in [7, 11) is 2.05. The van der Waals surface area contributed by atoms with Gasteiger partial charge in [-0.1, -0.05) is 0 Å². The van der Waals surface area contributed by atoms with Crippen LogP contribution in [0, 0.1) is 6.92 Å². The van der Waals surface area contributed by atoms with E-state index < -0.39 is 0 Å². The molecule has 0 aliphatic carbocycles. The number of aryl methyl sites for hydroxylation is 2. The summed E-state index contributed by atoms with van der Waals surface area (Å²) < 4.78 is 2.11. The Balaban J connectivity index is 1.93. The number of pyridine rings is 2. The van der Waals surface area contributed by atoms with E-state index in [4.69, 9.17) is 4.98 Å². The van der Waals surface area contributed by atoms with Gasteiger partial charge in [-0.3, -0.25) is 9.97 Å². The van der Waals surface area contributed by atoms with Crippen LogP contribution in [0.15, 0.2) is 49.1 Å². The van der Waals surface area contributed by atoms with Gasteiger partial charge < -0.3 is 4.57 Å². The summed E-state index contributed by atoms with van der Waals surface area (Å²) >= 11 is 1.67. The first-order chi connectivity index (χ1) is 10.7. The second kappa shape index (κ2) is 5.03. The number of fused-ring (bicyclic) bond motifs is 1. The fraction of sp³-hybridized carbons (Fsp3) is 0.118. The summed E-state index contributed by atoms with van der Waals surface area (Å²) in [6.45, 7) is 2.04. The third-order valence-corrected chi connectivity index (χ3v) is 4.92. The molecule has 4 heterocycles. The van der Waals surface area contributed by atoms with Gasteiger partial charge in [0.05, 0.1) is 16.1 Å². The number of hydrogen-bond donors (Lipinski definition) is 0. The zero-order chi connectivity index (χ0) is 15.1. The molecule has 4 aromatic rings. The molecule has 0 amide bonds. The van der Waals surface area contributed by atoms with E-state index in [1.165, 1.54) is 5.39 Å². The van der Waals surface area contributed by atoms with Gasteiger partial charge in [0.2, 0.25) is 0 Å². The van der Waals surface area contributed by atoms with Gasteiger partial charge in [-0.15, -0.1) is 11.3 Å². The van der Waals surface area contributed by atoms with Crippen LogP contribution in [0.25, 0.3) is 32.0 Å². The third-order valence-electron chi connectivity index (χ3n) is 3.71. The normalized spacial score (nSPS) is 11.2. The Bertz CT molecular complexity index is 953. The van der Waals surface area contributed by atoms with Gasteiger partial charge in [-0.2, -0.15) is 0 Å². The van der Waals surface area contributed by atoms with Crippen molar-refractivity contribution in [3.63, 3.8) is 0 Å². The largest absolute Gasteiger partial charge is 0.349 e. The van der Waals surface area contributed by atoms with Crippen LogP contribution in [0.5, 0.6) is 0 Å². The van der Waals surface area contributed by atoms with Crippen LogP contribution in [0.2, 0.25) is 0 Å². The van der Waals surface area contributed by atoms with Crippen LogP contribution in [0.3, 0.4) is 0 Å². The maximum Gasteiger partial charge on any atom is 0.125 e. The predicted molar refractivity (Wildman–Crippen MR) is 89.8 cm³/mol. The van der Waals surface area contributed by atoms with E-state index in [1.807, 2.05) is 44.6 Å². The quantitative estimate of drug-likeness (QED) is 0.561. The minimum atomic E-state index is 0.980. The first-order valence-electron chi connectivity index (χ1n) is 7.02. The lowest BCUT2D eigenvalue weighted by Crippen LogP contribution is -1.91. The molecule has 0 N–H and O–H groups in total. The zero-order valence-electron chi connectivity index (χ0n) is 12.3. The lowest BCUT2D eigenvalue weighted by Gasteiger charge is -2.03. The van der Waals surface area contributed by atoms with Crippen molar-refractivity contribution in [3.8, 4) is 21.1 Å². The number of hydrogen-bond acceptors (Lipinski definition) is 4. The van der Waals surface area contributed by atoms with Crippen LogP contribution < -0.4 is 0 Å². The molecule has 108 valence electrons. The smallest absolute Gasteiger partial charge is 0.125 e. The van der Waals surface area contributed by atoms with Gasteiger partial charge in [-0.05, 0) is 31.2 Å². The molecule has 0 saturated heterocycles. The van der Waals surface area contributed by atoms with E-state index in [9.17, 15) is 0 Å². The Morgan fingerprint density at radius 2 is 2.05 bits per heavy atom. The molecule has 0 aliphatic rings. The highest BCUT2D eigenvalue weighted by Crippen LogP contribution is 2.37. The Labute approximate surface area is 132 Å². The van der Waals surface area contributed by atoms with Gasteiger partial charge in [0.25, 0.3) is 0 Å². The van der Waals surface area contributed by atoms with Gasteiger partial charge >= 0.3 is 0 Å². The topological polar surface area (TPSA) is 43.6 Å². The Morgan fingerprint density at radius 3 is 2.86 bits per heavy atom. The van der Waals surface area contributed by atoms with Gasteiger partial charge in [0.1, 0.15) is 10.7 Å². The van der Waals surface area contributed by atoms with E-state index in [0.29, 0.717) is 0 Å². The SMILES string of the molecule is Cc1nc(-c2cccnc2)sc1-c1nccc2ccn(C)c12. The molecule has 22 heavy (non-hydrogen) atoms. The maximum absolute atomic E-state index is 4.71. The highest BCUT2D eigenvalue weighted by molar-refractivity contribution is 7.18. The van der Waals surface area contributed by atoms with Crippen molar-refractivity contribution >= 4 is 22.2 Å². The Morgan fingerprint density at radius 1 is 1.14 bits per heavy atom. The summed E-state index contributed by atoms with van der Waals surface area (Å²) in [6.07, 6.45) is 7.55. The summed E-state index contributed by atoms with van der Waals surface area (Å²) in [5.41, 5.74) is 4.19. The second-order valence-electron chi connectivity index (χ2n) is 5.20. The molecule has 0 aromatic carbocycles. The molecule has 0 fully saturated rings. The zero-order valence-corrected chi connectivity index (χ0v) is 13.1. The molecular weight excluding hydrogens is 292 g/mol. The molecule has 4 rings (SSSR count). The van der Waals surface area contributed by atoms with E-state index in [1.54, 1.807) is 17.5 Å². The molecule has 0 aliphatic heterocycles. The van der Waals surface area contributed by atoms with Gasteiger partial charge in [0.15, 0.2) is 0 Å². The van der Waals surface area contributed by atoms with Crippen molar-refractivity contribution in [1.29, 1.82) is 0 Å². The van der Waals surface area contributed by atoms with Crippen LogP contribution in [-0.4, -0.2) is 19.5 Å². The number of nitrogens with zero attached hydrogens (tertiary/aromatic N) is 4. The van der Waals surface area contributed by atoms with Crippen molar-refractivity contribution in [2.75, 3.05) is 0 Å². The van der Waals surface area contributed by atoms with Crippen molar-refractivity contribution < 1.29 is 0 Å². The fourth-order valence-corrected chi connectivity index (χ4v) is 3.69. The maximum atomic E-state index is 4.71. The minimum absolute atomic E-state index is 0.980. The predicted octanol–water partition coefficient (Wildman–Crippen LogP) is 4.07. The van der Waals surface area contributed by atoms with Crippen LogP contribution in [-0.2, 0) is 7.05 Å². The number of thiazole rings is 1. The van der Waals surface area contributed by atoms with Crippen molar-refractivity contribution in [2.45, 2.75) is 6.92 Å². The molecule has 0 atom stereocenters. The number of aromatic nitrogens is 4. The summed E-state index contributed by atoms with van der Waals surface area (Å²) in [5, 5.41) is 2.18. The van der Waals surface area contributed by atoms with E-state index in [0.717, 1.165) is 32.4 Å². The van der Waals surface area contributed by atoms with Crippen molar-refractivity contribution in [3.05, 3.63) is 54.7 Å². The van der Waals surface area contributed by atoms with Crippen molar-refractivity contribution in [2.24, 2.45) is 7.05 Å². The lowest BCUT2D eigenvalue weighted by atomic mass is 10.2. The summed E-state index contributed by atoms with van der Waals surface area (Å²) in [5.74, 6) is 0. The molecule has 0 spiro atoms. The standard InChI is InChI=1S/C17H14N4S/c1-11-16(22-17(20-11)13-4-3-7-18-10-13)14-15-12(5-8-19-14)6-9-21(15)2/h3-10H,1-2H3. The minimum Gasteiger partial charge on any atom is -0.349 e. The molecule has 0 saturated carbocycles. The monoisotopic (exact) mass is 306 g/mol. The highest BCUT2D eigenvalue weighted by atomic mass is 32.1. The van der Waals surface area contributed by atoms with Crippen LogP contribution >= 0.6 is 11.3 Å². The summed E-state index contributed by atoms with van der Waals surface area (Å²) in [4.78, 5) is 14.6. The summed E-state index contributed by atoms with van der Waals surface area (Å²) in [6, 6.07) is 8.11. The molecule has 0 bridgehead atoms. The molecular formula is C17H14N4S. The average molecular weight is 306 g/mol. The van der Waals surface area contributed by atoms with Crippen molar-refractivity contribution in [1.82, 2.24) is 19.5 Å². The van der Waals surface area contributed by atoms with E-state index in [2.05, 4.69) is 26.8 Å². The molecule has 0 radical (unpaired) electrons. The second-order valence-corrected chi connectivity index (χ2v) is 6.20. The average Bonchev–Trinajstić information content (AvgIpc) is 3.12. The number of rotatable bonds is 2.